The molecule has 1 aliphatic heterocycles. The normalized spacial score (nSPS) is 15.6. The average molecular weight is 374 g/mol. The van der Waals surface area contributed by atoms with Crippen molar-refractivity contribution in [2.75, 3.05) is 0 Å². The van der Waals surface area contributed by atoms with Gasteiger partial charge in [0.2, 0.25) is 0 Å². The Morgan fingerprint density at radius 3 is 2.96 bits per heavy atom. The molecular weight excluding hydrogens is 356 g/mol. The Bertz CT molecular complexity index is 883. The molecule has 0 saturated carbocycles. The van der Waals surface area contributed by atoms with Gasteiger partial charge in [0.25, 0.3) is 5.91 Å². The van der Waals surface area contributed by atoms with Crippen LogP contribution >= 0.6 is 12.2 Å². The van der Waals surface area contributed by atoms with E-state index in [-0.39, 0.29) is 18.5 Å². The van der Waals surface area contributed by atoms with Gasteiger partial charge in [-0.2, -0.15) is 5.10 Å². The molecule has 1 N–H and O–H groups in total. The second-order valence-electron chi connectivity index (χ2n) is 5.67. The van der Waals surface area contributed by atoms with E-state index in [1.54, 1.807) is 29.1 Å². The Labute approximate surface area is 155 Å². The fourth-order valence-electron chi connectivity index (χ4n) is 2.42. The van der Waals surface area contributed by atoms with Crippen LogP contribution in [0, 0.1) is 0 Å². The molecule has 8 nitrogen and oxygen atoms in total. The van der Waals surface area contributed by atoms with Crippen LogP contribution in [0.15, 0.2) is 34.6 Å². The van der Waals surface area contributed by atoms with Crippen LogP contribution in [0.3, 0.4) is 0 Å². The van der Waals surface area contributed by atoms with Gasteiger partial charge in [0.1, 0.15) is 23.8 Å². The molecule has 1 aliphatic rings. The quantitative estimate of drug-likeness (QED) is 0.469. The summed E-state index contributed by atoms with van der Waals surface area (Å²) in [4.78, 5) is 24.9. The van der Waals surface area contributed by atoms with E-state index in [9.17, 15) is 9.59 Å². The topological polar surface area (TPSA) is 89.6 Å². The lowest BCUT2D eigenvalue weighted by Gasteiger charge is -2.12. The highest BCUT2D eigenvalue weighted by Gasteiger charge is 2.31. The van der Waals surface area contributed by atoms with Crippen molar-refractivity contribution in [3.8, 4) is 0 Å². The van der Waals surface area contributed by atoms with Gasteiger partial charge in [-0.15, -0.1) is 0 Å². The third kappa shape index (κ3) is 3.99. The highest BCUT2D eigenvalue weighted by Crippen LogP contribution is 2.18. The number of thiocarbonyl (C=S) groups is 1. The summed E-state index contributed by atoms with van der Waals surface area (Å²) in [5.41, 5.74) is 1.22. The predicted octanol–water partition coefficient (Wildman–Crippen LogP) is 1.82. The standard InChI is InChI=1S/C17H18N4O4S/c1-3-20-8-12(7-18-20)9-21-16(23)15(19-17(21)26)6-13-4-5-14(25-13)10-24-11(2)22/h4-8H,3,9-10H2,1-2H3,(H,19,26). The molecule has 2 aromatic heterocycles. The first-order valence-corrected chi connectivity index (χ1v) is 8.45. The molecule has 1 saturated heterocycles. The minimum absolute atomic E-state index is 0.0475. The van der Waals surface area contributed by atoms with Gasteiger partial charge in [0.15, 0.2) is 5.11 Å². The molecule has 136 valence electrons. The smallest absolute Gasteiger partial charge is 0.303 e. The number of hydrogen-bond acceptors (Lipinski definition) is 6. The van der Waals surface area contributed by atoms with Crippen LogP contribution < -0.4 is 5.32 Å². The van der Waals surface area contributed by atoms with Gasteiger partial charge in [-0.05, 0) is 31.3 Å². The number of aryl methyl sites for hydroxylation is 1. The van der Waals surface area contributed by atoms with E-state index < -0.39 is 0 Å². The average Bonchev–Trinajstić information content (AvgIpc) is 3.30. The Morgan fingerprint density at radius 1 is 1.46 bits per heavy atom. The molecule has 0 aliphatic carbocycles. The Kier molecular flexibility index (Phi) is 5.17. The minimum Gasteiger partial charge on any atom is -0.458 e. The molecule has 0 aromatic carbocycles. The Balaban J connectivity index is 1.69. The maximum atomic E-state index is 12.6. The summed E-state index contributed by atoms with van der Waals surface area (Å²) in [6.07, 6.45) is 5.17. The molecule has 1 amide bonds. The molecule has 2 aromatic rings. The largest absolute Gasteiger partial charge is 0.458 e. The van der Waals surface area contributed by atoms with Crippen LogP contribution in [-0.2, 0) is 34.0 Å². The second-order valence-corrected chi connectivity index (χ2v) is 6.05. The van der Waals surface area contributed by atoms with Crippen molar-refractivity contribution in [2.45, 2.75) is 33.5 Å². The first-order chi connectivity index (χ1) is 12.5. The number of nitrogens with one attached hydrogen (secondary N) is 1. The summed E-state index contributed by atoms with van der Waals surface area (Å²) in [5.74, 6) is 0.328. The number of esters is 1. The number of rotatable bonds is 6. The number of furan rings is 1. The van der Waals surface area contributed by atoms with Crippen molar-refractivity contribution in [3.63, 3.8) is 0 Å². The summed E-state index contributed by atoms with van der Waals surface area (Å²) < 4.78 is 12.2. The van der Waals surface area contributed by atoms with E-state index >= 15 is 0 Å². The molecule has 0 radical (unpaired) electrons. The van der Waals surface area contributed by atoms with Gasteiger partial charge in [-0.1, -0.05) is 0 Å². The number of hydrogen-bond donors (Lipinski definition) is 1. The molecule has 3 heterocycles. The van der Waals surface area contributed by atoms with Gasteiger partial charge < -0.3 is 14.5 Å². The maximum absolute atomic E-state index is 12.6. The van der Waals surface area contributed by atoms with Crippen molar-refractivity contribution >= 4 is 35.3 Å². The van der Waals surface area contributed by atoms with Gasteiger partial charge in [-0.3, -0.25) is 19.2 Å². The molecule has 0 atom stereocenters. The van der Waals surface area contributed by atoms with Crippen molar-refractivity contribution < 1.29 is 18.7 Å². The lowest BCUT2D eigenvalue weighted by atomic mass is 10.3. The van der Waals surface area contributed by atoms with E-state index in [2.05, 4.69) is 10.4 Å². The molecule has 9 heteroatoms. The molecule has 0 bridgehead atoms. The molecule has 0 spiro atoms. The predicted molar refractivity (Wildman–Crippen MR) is 96.3 cm³/mol. The van der Waals surface area contributed by atoms with Crippen LogP contribution in [-0.4, -0.2) is 31.7 Å². The number of carbonyl (C=O) groups is 2. The minimum atomic E-state index is -0.388. The van der Waals surface area contributed by atoms with Gasteiger partial charge in [-0.25, -0.2) is 0 Å². The van der Waals surface area contributed by atoms with Crippen molar-refractivity contribution in [1.82, 2.24) is 20.0 Å². The van der Waals surface area contributed by atoms with Crippen LogP contribution in [0.4, 0.5) is 0 Å². The van der Waals surface area contributed by atoms with E-state index in [1.807, 2.05) is 13.1 Å². The second kappa shape index (κ2) is 7.52. The Morgan fingerprint density at radius 2 is 2.27 bits per heavy atom. The van der Waals surface area contributed by atoms with Gasteiger partial charge >= 0.3 is 5.97 Å². The Hall–Kier alpha value is -2.94. The van der Waals surface area contributed by atoms with Crippen molar-refractivity contribution in [3.05, 3.63) is 47.3 Å². The molecule has 1 fully saturated rings. The summed E-state index contributed by atoms with van der Waals surface area (Å²) in [6.45, 7) is 4.47. The third-order valence-electron chi connectivity index (χ3n) is 3.70. The number of carbonyl (C=O) groups excluding carboxylic acids is 2. The van der Waals surface area contributed by atoms with Crippen molar-refractivity contribution in [1.29, 1.82) is 0 Å². The maximum Gasteiger partial charge on any atom is 0.303 e. The molecular formula is C17H18N4O4S. The summed E-state index contributed by atoms with van der Waals surface area (Å²) >= 11 is 5.26. The monoisotopic (exact) mass is 374 g/mol. The van der Waals surface area contributed by atoms with E-state index in [0.29, 0.717) is 28.9 Å². The lowest BCUT2D eigenvalue weighted by Crippen LogP contribution is -2.29. The third-order valence-corrected chi connectivity index (χ3v) is 4.02. The summed E-state index contributed by atoms with van der Waals surface area (Å²) in [7, 11) is 0. The number of amides is 1. The fourth-order valence-corrected chi connectivity index (χ4v) is 2.68. The zero-order valence-electron chi connectivity index (χ0n) is 14.4. The number of ether oxygens (including phenoxy) is 1. The number of nitrogens with zero attached hydrogens (tertiary/aromatic N) is 3. The highest BCUT2D eigenvalue weighted by molar-refractivity contribution is 7.80. The van der Waals surface area contributed by atoms with E-state index in [4.69, 9.17) is 21.4 Å². The molecule has 3 rings (SSSR count). The van der Waals surface area contributed by atoms with E-state index in [1.165, 1.54) is 11.8 Å². The van der Waals surface area contributed by atoms with Gasteiger partial charge in [0, 0.05) is 31.3 Å². The van der Waals surface area contributed by atoms with Crippen molar-refractivity contribution in [2.24, 2.45) is 0 Å². The molecule has 0 unspecified atom stereocenters. The molecule has 26 heavy (non-hydrogen) atoms. The summed E-state index contributed by atoms with van der Waals surface area (Å²) in [5, 5.41) is 7.43. The van der Waals surface area contributed by atoms with Crippen LogP contribution in [0.2, 0.25) is 0 Å². The summed E-state index contributed by atoms with van der Waals surface area (Å²) in [6, 6.07) is 3.38. The SMILES string of the molecule is CCn1cc(CN2C(=O)C(=Cc3ccc(COC(C)=O)o3)NC2=S)cn1. The van der Waals surface area contributed by atoms with E-state index in [0.717, 1.165) is 12.1 Å². The number of aromatic nitrogens is 2. The first kappa shape index (κ1) is 17.9. The first-order valence-electron chi connectivity index (χ1n) is 8.04. The van der Waals surface area contributed by atoms with Crippen LogP contribution in [0.1, 0.15) is 30.9 Å². The zero-order valence-corrected chi connectivity index (χ0v) is 15.2. The highest BCUT2D eigenvalue weighted by atomic mass is 32.1. The fraction of sp³-hybridized carbons (Fsp3) is 0.294. The van der Waals surface area contributed by atoms with Gasteiger partial charge in [0.05, 0.1) is 12.7 Å². The lowest BCUT2D eigenvalue weighted by molar-refractivity contribution is -0.142. The zero-order chi connectivity index (χ0) is 18.7. The van der Waals surface area contributed by atoms with Crippen LogP contribution in [0.5, 0.6) is 0 Å². The van der Waals surface area contributed by atoms with Crippen LogP contribution in [0.25, 0.3) is 6.08 Å².